The van der Waals surface area contributed by atoms with E-state index in [1.807, 2.05) is 4.57 Å². The van der Waals surface area contributed by atoms with Crippen LogP contribution in [0.4, 0.5) is 4.39 Å². The second-order valence-corrected chi connectivity index (χ2v) is 10.5. The Morgan fingerprint density at radius 3 is 2.65 bits per heavy atom. The number of halogens is 1. The average molecular weight is 463 g/mol. The molecule has 1 fully saturated rings. The molecule has 2 heterocycles. The monoisotopic (exact) mass is 462 g/mol. The quantitative estimate of drug-likeness (QED) is 0.500. The minimum absolute atomic E-state index is 0.164. The fraction of sp³-hybridized carbons (Fsp3) is 0.333. The predicted octanol–water partition coefficient (Wildman–Crippen LogP) is 3.59. The average Bonchev–Trinajstić information content (AvgIpc) is 3.42. The smallest absolute Gasteiger partial charge is 0.242 e. The molecule has 10 heteroatoms. The van der Waals surface area contributed by atoms with Gasteiger partial charge >= 0.3 is 0 Å². The highest BCUT2D eigenvalue weighted by Crippen LogP contribution is 2.31. The van der Waals surface area contributed by atoms with Crippen LogP contribution < -0.4 is 0 Å². The summed E-state index contributed by atoms with van der Waals surface area (Å²) in [5.41, 5.74) is 1.29. The van der Waals surface area contributed by atoms with E-state index in [1.54, 1.807) is 36.4 Å². The molecule has 2 aromatic carbocycles. The molecule has 0 aliphatic carbocycles. The predicted molar refractivity (Wildman–Crippen MR) is 117 cm³/mol. The molecule has 164 valence electrons. The molecular formula is C21H23FN4O3S2. The summed E-state index contributed by atoms with van der Waals surface area (Å²) < 4.78 is 47.4. The van der Waals surface area contributed by atoms with Crippen LogP contribution in [0.25, 0.3) is 17.1 Å². The van der Waals surface area contributed by atoms with Gasteiger partial charge in [-0.3, -0.25) is 4.57 Å². The Morgan fingerprint density at radius 1 is 1.19 bits per heavy atom. The zero-order chi connectivity index (χ0) is 22.0. The SMILES string of the molecule is CN(C)S(=O)(=O)c1cccc(-c2nnc(SC[C@@H]3CCCO3)n2-c2ccc(F)cc2)c1. The van der Waals surface area contributed by atoms with Crippen LogP contribution in [-0.4, -0.2) is 60.0 Å². The Balaban J connectivity index is 1.76. The maximum atomic E-state index is 13.5. The summed E-state index contributed by atoms with van der Waals surface area (Å²) >= 11 is 1.52. The van der Waals surface area contributed by atoms with E-state index < -0.39 is 10.0 Å². The summed E-state index contributed by atoms with van der Waals surface area (Å²) in [5, 5.41) is 9.33. The van der Waals surface area contributed by atoms with E-state index in [4.69, 9.17) is 4.74 Å². The Hall–Kier alpha value is -2.27. The molecular weight excluding hydrogens is 439 g/mol. The van der Waals surface area contributed by atoms with Crippen molar-refractivity contribution in [3.05, 3.63) is 54.3 Å². The lowest BCUT2D eigenvalue weighted by atomic mass is 10.2. The summed E-state index contributed by atoms with van der Waals surface area (Å²) in [6.45, 7) is 0.772. The number of benzene rings is 2. The number of thioether (sulfide) groups is 1. The lowest BCUT2D eigenvalue weighted by Crippen LogP contribution is -2.22. The standard InChI is InChI=1S/C21H23FN4O3S2/c1-25(2)31(27,28)19-7-3-5-15(13-19)20-23-24-21(30-14-18-6-4-12-29-18)26(20)17-10-8-16(22)9-11-17/h3,5,7-11,13,18H,4,6,12,14H2,1-2H3/t18-/m0/s1. The fourth-order valence-corrected chi connectivity index (χ4v) is 5.29. The third-order valence-corrected chi connectivity index (χ3v) is 7.88. The highest BCUT2D eigenvalue weighted by Gasteiger charge is 2.22. The van der Waals surface area contributed by atoms with Crippen molar-refractivity contribution in [1.29, 1.82) is 0 Å². The van der Waals surface area contributed by atoms with Crippen molar-refractivity contribution >= 4 is 21.8 Å². The van der Waals surface area contributed by atoms with E-state index in [2.05, 4.69) is 10.2 Å². The van der Waals surface area contributed by atoms with E-state index in [0.717, 1.165) is 25.2 Å². The zero-order valence-electron chi connectivity index (χ0n) is 17.2. The Kier molecular flexibility index (Phi) is 6.42. The first-order valence-electron chi connectivity index (χ1n) is 9.85. The van der Waals surface area contributed by atoms with Crippen LogP contribution in [0.2, 0.25) is 0 Å². The third kappa shape index (κ3) is 4.67. The topological polar surface area (TPSA) is 77.3 Å². The van der Waals surface area contributed by atoms with Gasteiger partial charge in [0.15, 0.2) is 11.0 Å². The summed E-state index contributed by atoms with van der Waals surface area (Å²) in [6, 6.07) is 12.6. The van der Waals surface area contributed by atoms with Crippen LogP contribution in [0.3, 0.4) is 0 Å². The summed E-state index contributed by atoms with van der Waals surface area (Å²) in [6.07, 6.45) is 2.23. The number of ether oxygens (including phenoxy) is 1. The van der Waals surface area contributed by atoms with Gasteiger partial charge in [0.05, 0.1) is 11.0 Å². The van der Waals surface area contributed by atoms with Crippen molar-refractivity contribution in [3.8, 4) is 17.1 Å². The number of hydrogen-bond acceptors (Lipinski definition) is 6. The van der Waals surface area contributed by atoms with Gasteiger partial charge < -0.3 is 4.74 Å². The molecule has 1 aliphatic rings. The minimum Gasteiger partial charge on any atom is -0.377 e. The van der Waals surface area contributed by atoms with Gasteiger partial charge in [0, 0.05) is 37.7 Å². The second kappa shape index (κ2) is 9.07. The summed E-state index contributed by atoms with van der Waals surface area (Å²) in [4.78, 5) is 0.164. The van der Waals surface area contributed by atoms with Gasteiger partial charge in [0.2, 0.25) is 10.0 Å². The number of aromatic nitrogens is 3. The van der Waals surface area contributed by atoms with Crippen molar-refractivity contribution in [1.82, 2.24) is 19.1 Å². The zero-order valence-corrected chi connectivity index (χ0v) is 18.9. The molecule has 0 N–H and O–H groups in total. The fourth-order valence-electron chi connectivity index (χ4n) is 3.32. The molecule has 0 saturated carbocycles. The van der Waals surface area contributed by atoms with Crippen molar-refractivity contribution in [2.75, 3.05) is 26.5 Å². The van der Waals surface area contributed by atoms with Gasteiger partial charge in [-0.1, -0.05) is 23.9 Å². The lowest BCUT2D eigenvalue weighted by molar-refractivity contribution is 0.129. The Morgan fingerprint density at radius 2 is 1.97 bits per heavy atom. The van der Waals surface area contributed by atoms with Crippen LogP contribution in [0, 0.1) is 5.82 Å². The number of hydrogen-bond donors (Lipinski definition) is 0. The van der Waals surface area contributed by atoms with E-state index in [1.165, 1.54) is 42.3 Å². The largest absolute Gasteiger partial charge is 0.377 e. The van der Waals surface area contributed by atoms with Gasteiger partial charge in [-0.05, 0) is 49.2 Å². The maximum absolute atomic E-state index is 13.5. The van der Waals surface area contributed by atoms with Crippen LogP contribution in [-0.2, 0) is 14.8 Å². The van der Waals surface area contributed by atoms with Gasteiger partial charge in [-0.25, -0.2) is 17.1 Å². The Labute approximate surface area is 185 Å². The van der Waals surface area contributed by atoms with Gasteiger partial charge in [0.1, 0.15) is 5.82 Å². The first-order valence-corrected chi connectivity index (χ1v) is 12.3. The van der Waals surface area contributed by atoms with Crippen LogP contribution in [0.15, 0.2) is 58.6 Å². The van der Waals surface area contributed by atoms with Crippen molar-refractivity contribution in [3.63, 3.8) is 0 Å². The number of rotatable bonds is 7. The molecule has 0 amide bonds. The molecule has 4 rings (SSSR count). The van der Waals surface area contributed by atoms with Crippen molar-refractivity contribution in [2.45, 2.75) is 29.0 Å². The second-order valence-electron chi connectivity index (χ2n) is 7.38. The van der Waals surface area contributed by atoms with Crippen LogP contribution >= 0.6 is 11.8 Å². The summed E-state index contributed by atoms with van der Waals surface area (Å²) in [5.74, 6) is 0.872. The van der Waals surface area contributed by atoms with Crippen LogP contribution in [0.1, 0.15) is 12.8 Å². The summed E-state index contributed by atoms with van der Waals surface area (Å²) in [7, 11) is -0.623. The first-order chi connectivity index (χ1) is 14.9. The van der Waals surface area contributed by atoms with E-state index >= 15 is 0 Å². The first kappa shape index (κ1) is 21.9. The van der Waals surface area contributed by atoms with Gasteiger partial charge in [-0.15, -0.1) is 10.2 Å². The van der Waals surface area contributed by atoms with E-state index in [0.29, 0.717) is 22.2 Å². The molecule has 7 nitrogen and oxygen atoms in total. The molecule has 1 aromatic heterocycles. The van der Waals surface area contributed by atoms with E-state index in [9.17, 15) is 12.8 Å². The van der Waals surface area contributed by atoms with Gasteiger partial charge in [-0.2, -0.15) is 0 Å². The molecule has 0 unspecified atom stereocenters. The number of sulfonamides is 1. The maximum Gasteiger partial charge on any atom is 0.242 e. The highest BCUT2D eigenvalue weighted by molar-refractivity contribution is 7.99. The molecule has 0 spiro atoms. The molecule has 31 heavy (non-hydrogen) atoms. The van der Waals surface area contributed by atoms with Crippen LogP contribution in [0.5, 0.6) is 0 Å². The molecule has 1 saturated heterocycles. The molecule has 1 aliphatic heterocycles. The van der Waals surface area contributed by atoms with E-state index in [-0.39, 0.29) is 16.8 Å². The van der Waals surface area contributed by atoms with Gasteiger partial charge in [0.25, 0.3) is 0 Å². The molecule has 3 aromatic rings. The van der Waals surface area contributed by atoms with Crippen molar-refractivity contribution in [2.24, 2.45) is 0 Å². The molecule has 0 radical (unpaired) electrons. The molecule has 0 bridgehead atoms. The highest BCUT2D eigenvalue weighted by atomic mass is 32.2. The van der Waals surface area contributed by atoms with Crippen molar-refractivity contribution < 1.29 is 17.5 Å². The normalized spacial score (nSPS) is 16.8. The molecule has 1 atom stereocenters. The minimum atomic E-state index is -3.60. The number of nitrogens with zero attached hydrogens (tertiary/aromatic N) is 4. The Bertz CT molecular complexity index is 1160. The third-order valence-electron chi connectivity index (χ3n) is 5.01. The lowest BCUT2D eigenvalue weighted by Gasteiger charge is -2.14.